The van der Waals surface area contributed by atoms with Gasteiger partial charge in [-0.1, -0.05) is 43.1 Å². The van der Waals surface area contributed by atoms with Gasteiger partial charge in [0.1, 0.15) is 4.90 Å². The van der Waals surface area contributed by atoms with E-state index in [9.17, 15) is 13.2 Å². The van der Waals surface area contributed by atoms with Gasteiger partial charge in [0.05, 0.1) is 10.0 Å². The number of halogens is 2. The molecule has 0 spiro atoms. The van der Waals surface area contributed by atoms with Crippen LogP contribution in [0.1, 0.15) is 39.5 Å². The molecule has 0 aliphatic carbocycles. The minimum Gasteiger partial charge on any atom is -0.353 e. The Morgan fingerprint density at radius 3 is 2.20 bits per heavy atom. The zero-order valence-electron chi connectivity index (χ0n) is 14.5. The molecular formula is C17H24Cl2N2O3S. The van der Waals surface area contributed by atoms with Crippen LogP contribution >= 0.6 is 23.2 Å². The SMILES string of the molecule is CCC(CC)NC(=O)C1CCN(S(=O)(=O)c2c(Cl)cccc2Cl)CC1. The van der Waals surface area contributed by atoms with Crippen molar-refractivity contribution in [3.63, 3.8) is 0 Å². The zero-order chi connectivity index (χ0) is 18.6. The van der Waals surface area contributed by atoms with Crippen molar-refractivity contribution < 1.29 is 13.2 Å². The van der Waals surface area contributed by atoms with Crippen LogP contribution in [0.5, 0.6) is 0 Å². The predicted octanol–water partition coefficient (Wildman–Crippen LogP) is 3.70. The maximum atomic E-state index is 12.8. The smallest absolute Gasteiger partial charge is 0.246 e. The lowest BCUT2D eigenvalue weighted by molar-refractivity contribution is -0.126. The van der Waals surface area contributed by atoms with Gasteiger partial charge in [-0.25, -0.2) is 8.42 Å². The molecule has 0 unspecified atom stereocenters. The summed E-state index contributed by atoms with van der Waals surface area (Å²) >= 11 is 12.1. The largest absolute Gasteiger partial charge is 0.353 e. The Bertz CT molecular complexity index is 692. The van der Waals surface area contributed by atoms with Crippen molar-refractivity contribution in [3.05, 3.63) is 28.2 Å². The Hall–Kier alpha value is -0.820. The number of hydrogen-bond donors (Lipinski definition) is 1. The molecule has 8 heteroatoms. The van der Waals surface area contributed by atoms with E-state index in [1.807, 2.05) is 13.8 Å². The second kappa shape index (κ2) is 8.71. The van der Waals surface area contributed by atoms with Crippen molar-refractivity contribution in [2.45, 2.75) is 50.5 Å². The van der Waals surface area contributed by atoms with E-state index in [4.69, 9.17) is 23.2 Å². The summed E-state index contributed by atoms with van der Waals surface area (Å²) < 4.78 is 27.0. The van der Waals surface area contributed by atoms with Gasteiger partial charge in [-0.3, -0.25) is 4.79 Å². The fourth-order valence-electron chi connectivity index (χ4n) is 3.03. The maximum absolute atomic E-state index is 12.8. The molecule has 25 heavy (non-hydrogen) atoms. The number of nitrogens with zero attached hydrogens (tertiary/aromatic N) is 1. The third kappa shape index (κ3) is 4.67. The van der Waals surface area contributed by atoms with Gasteiger partial charge in [0, 0.05) is 25.0 Å². The molecule has 1 heterocycles. The van der Waals surface area contributed by atoms with Crippen molar-refractivity contribution in [1.82, 2.24) is 9.62 Å². The molecule has 0 radical (unpaired) electrons. The number of carbonyl (C=O) groups excluding carboxylic acids is 1. The number of piperidine rings is 1. The van der Waals surface area contributed by atoms with E-state index in [0.717, 1.165) is 12.8 Å². The lowest BCUT2D eigenvalue weighted by Gasteiger charge is -2.31. The highest BCUT2D eigenvalue weighted by Gasteiger charge is 2.34. The molecule has 0 aromatic heterocycles. The number of carbonyl (C=O) groups is 1. The van der Waals surface area contributed by atoms with Crippen LogP contribution in [0.3, 0.4) is 0 Å². The number of amides is 1. The highest BCUT2D eigenvalue weighted by Crippen LogP contribution is 2.33. The lowest BCUT2D eigenvalue weighted by Crippen LogP contribution is -2.45. The normalized spacial score (nSPS) is 17.0. The van der Waals surface area contributed by atoms with E-state index >= 15 is 0 Å². The first-order valence-electron chi connectivity index (χ1n) is 8.55. The van der Waals surface area contributed by atoms with Crippen molar-refractivity contribution in [2.24, 2.45) is 5.92 Å². The minimum atomic E-state index is -3.77. The van der Waals surface area contributed by atoms with Gasteiger partial charge in [0.25, 0.3) is 0 Å². The van der Waals surface area contributed by atoms with Gasteiger partial charge >= 0.3 is 0 Å². The quantitative estimate of drug-likeness (QED) is 0.782. The summed E-state index contributed by atoms with van der Waals surface area (Å²) in [6.45, 7) is 4.64. The fraction of sp³-hybridized carbons (Fsp3) is 0.588. The molecule has 1 N–H and O–H groups in total. The first-order chi connectivity index (χ1) is 11.8. The molecule has 1 saturated heterocycles. The molecule has 1 aromatic rings. The molecule has 5 nitrogen and oxygen atoms in total. The number of sulfonamides is 1. The molecule has 1 aliphatic rings. The monoisotopic (exact) mass is 406 g/mol. The molecule has 140 valence electrons. The molecule has 0 bridgehead atoms. The van der Waals surface area contributed by atoms with Gasteiger partial charge in [-0.05, 0) is 37.8 Å². The van der Waals surface area contributed by atoms with E-state index in [0.29, 0.717) is 12.8 Å². The Morgan fingerprint density at radius 2 is 1.72 bits per heavy atom. The minimum absolute atomic E-state index is 0.0153. The number of rotatable bonds is 6. The predicted molar refractivity (Wildman–Crippen MR) is 100 cm³/mol. The first-order valence-corrected chi connectivity index (χ1v) is 10.7. The Labute approximate surface area is 159 Å². The Kier molecular flexibility index (Phi) is 7.14. The van der Waals surface area contributed by atoms with Crippen molar-refractivity contribution in [3.8, 4) is 0 Å². The van der Waals surface area contributed by atoms with Crippen LogP contribution < -0.4 is 5.32 Å². The summed E-state index contributed by atoms with van der Waals surface area (Å²) in [6.07, 6.45) is 2.77. The van der Waals surface area contributed by atoms with Crippen LogP contribution in [0.2, 0.25) is 10.0 Å². The summed E-state index contributed by atoms with van der Waals surface area (Å²) in [5.41, 5.74) is 0. The third-order valence-corrected chi connectivity index (χ3v) is 7.53. The van der Waals surface area contributed by atoms with E-state index in [1.165, 1.54) is 16.4 Å². The van der Waals surface area contributed by atoms with Crippen LogP contribution in [0, 0.1) is 5.92 Å². The molecule has 0 atom stereocenters. The third-order valence-electron chi connectivity index (χ3n) is 4.67. The molecule has 0 saturated carbocycles. The van der Waals surface area contributed by atoms with Gasteiger partial charge in [-0.15, -0.1) is 0 Å². The lowest BCUT2D eigenvalue weighted by atomic mass is 9.96. The molecule has 2 rings (SSSR count). The van der Waals surface area contributed by atoms with Gasteiger partial charge < -0.3 is 5.32 Å². The number of benzene rings is 1. The van der Waals surface area contributed by atoms with Crippen molar-refractivity contribution in [1.29, 1.82) is 0 Å². The van der Waals surface area contributed by atoms with Crippen LogP contribution in [-0.2, 0) is 14.8 Å². The number of nitrogens with one attached hydrogen (secondary N) is 1. The number of hydrogen-bond acceptors (Lipinski definition) is 3. The van der Waals surface area contributed by atoms with Gasteiger partial charge in [0.15, 0.2) is 0 Å². The summed E-state index contributed by atoms with van der Waals surface area (Å²) in [5.74, 6) is -0.143. The zero-order valence-corrected chi connectivity index (χ0v) is 16.8. The maximum Gasteiger partial charge on any atom is 0.246 e. The first kappa shape index (κ1) is 20.5. The van der Waals surface area contributed by atoms with Crippen LogP contribution in [-0.4, -0.2) is 37.8 Å². The van der Waals surface area contributed by atoms with Crippen molar-refractivity contribution in [2.75, 3.05) is 13.1 Å². The summed E-state index contributed by atoms with van der Waals surface area (Å²) in [7, 11) is -3.77. The van der Waals surface area contributed by atoms with Gasteiger partial charge in [0.2, 0.25) is 15.9 Å². The molecule has 1 aliphatic heterocycles. The van der Waals surface area contributed by atoms with Crippen molar-refractivity contribution >= 4 is 39.1 Å². The Balaban J connectivity index is 2.05. The second-order valence-corrected chi connectivity index (χ2v) is 8.94. The van der Waals surface area contributed by atoms with E-state index in [-0.39, 0.29) is 45.9 Å². The Morgan fingerprint density at radius 1 is 1.20 bits per heavy atom. The average molecular weight is 407 g/mol. The van der Waals surface area contributed by atoms with Gasteiger partial charge in [-0.2, -0.15) is 4.31 Å². The highest BCUT2D eigenvalue weighted by molar-refractivity contribution is 7.89. The van der Waals surface area contributed by atoms with E-state index < -0.39 is 10.0 Å². The highest BCUT2D eigenvalue weighted by atomic mass is 35.5. The van der Waals surface area contributed by atoms with E-state index in [2.05, 4.69) is 5.32 Å². The molecular weight excluding hydrogens is 383 g/mol. The fourth-order valence-corrected chi connectivity index (χ4v) is 5.59. The topological polar surface area (TPSA) is 66.5 Å². The van der Waals surface area contributed by atoms with E-state index in [1.54, 1.807) is 6.07 Å². The summed E-state index contributed by atoms with van der Waals surface area (Å²) in [6, 6.07) is 4.81. The second-order valence-electron chi connectivity index (χ2n) is 6.25. The van der Waals surface area contributed by atoms with Crippen LogP contribution in [0.15, 0.2) is 23.1 Å². The summed E-state index contributed by atoms with van der Waals surface area (Å²) in [5, 5.41) is 3.26. The molecule has 1 amide bonds. The average Bonchev–Trinajstić information content (AvgIpc) is 2.59. The molecule has 1 fully saturated rings. The summed E-state index contributed by atoms with van der Waals surface area (Å²) in [4.78, 5) is 12.3. The van der Waals surface area contributed by atoms with Crippen LogP contribution in [0.25, 0.3) is 0 Å². The molecule has 1 aromatic carbocycles. The standard InChI is InChI=1S/C17H24Cl2N2O3S/c1-3-13(4-2)20-17(22)12-8-10-21(11-9-12)25(23,24)16-14(18)6-5-7-15(16)19/h5-7,12-13H,3-4,8-11H2,1-2H3,(H,20,22). The van der Waals surface area contributed by atoms with Crippen LogP contribution in [0.4, 0.5) is 0 Å².